The van der Waals surface area contributed by atoms with Crippen molar-refractivity contribution < 1.29 is 28.0 Å². The highest BCUT2D eigenvalue weighted by molar-refractivity contribution is 5.93. The number of carbonyl (C=O) groups is 1. The molecule has 24 heavy (non-hydrogen) atoms. The molecule has 0 fully saturated rings. The van der Waals surface area contributed by atoms with Crippen LogP contribution in [0.1, 0.15) is 21.9 Å². The van der Waals surface area contributed by atoms with Gasteiger partial charge in [0.25, 0.3) is 5.69 Å². The molecule has 0 aliphatic heterocycles. The van der Waals surface area contributed by atoms with E-state index in [1.54, 1.807) is 0 Å². The fourth-order valence-corrected chi connectivity index (χ4v) is 1.83. The van der Waals surface area contributed by atoms with Crippen molar-refractivity contribution in [2.45, 2.75) is 12.7 Å². The molecule has 0 aliphatic rings. The molecule has 2 aromatic rings. The number of carboxylic acid groups (broad SMARTS) is 1. The van der Waals surface area contributed by atoms with E-state index >= 15 is 0 Å². The first-order valence-electron chi connectivity index (χ1n) is 6.31. The Hall–Kier alpha value is -3.24. The van der Waals surface area contributed by atoms with Gasteiger partial charge >= 0.3 is 12.1 Å². The highest BCUT2D eigenvalue weighted by Gasteiger charge is 2.28. The van der Waals surface area contributed by atoms with E-state index < -0.39 is 34.9 Å². The molecule has 2 aromatic heterocycles. The first-order valence-corrected chi connectivity index (χ1v) is 6.31. The van der Waals surface area contributed by atoms with Gasteiger partial charge < -0.3 is 9.67 Å². The van der Waals surface area contributed by atoms with E-state index in [2.05, 4.69) is 9.97 Å². The Labute approximate surface area is 132 Å². The van der Waals surface area contributed by atoms with Gasteiger partial charge in [0.1, 0.15) is 18.6 Å². The van der Waals surface area contributed by atoms with Crippen molar-refractivity contribution in [1.29, 1.82) is 0 Å². The molecule has 0 aliphatic carbocycles. The molecule has 8 nitrogen and oxygen atoms in total. The van der Waals surface area contributed by atoms with Crippen LogP contribution in [0.3, 0.4) is 0 Å². The number of carboxylic acids is 1. The van der Waals surface area contributed by atoms with Crippen molar-refractivity contribution in [3.63, 3.8) is 0 Å². The Morgan fingerprint density at radius 1 is 1.38 bits per heavy atom. The van der Waals surface area contributed by atoms with Gasteiger partial charge in [-0.2, -0.15) is 13.2 Å². The molecule has 0 amide bonds. The maximum absolute atomic E-state index is 12.4. The molecule has 0 bridgehead atoms. The topological polar surface area (TPSA) is 111 Å². The lowest BCUT2D eigenvalue weighted by Crippen LogP contribution is -2.18. The largest absolute Gasteiger partial charge is 0.478 e. The monoisotopic (exact) mass is 342 g/mol. The SMILES string of the molecule is O=C(O)c1cc([N+](=O)[O-])cnc1/C=C/c1nccn1CC(F)(F)F. The van der Waals surface area contributed by atoms with Crippen LogP contribution in [0.15, 0.2) is 24.7 Å². The Bertz CT molecular complexity index is 814. The molecule has 2 rings (SSSR count). The number of aromatic nitrogens is 3. The molecule has 1 N–H and O–H groups in total. The average Bonchev–Trinajstić information content (AvgIpc) is 2.89. The van der Waals surface area contributed by atoms with Gasteiger partial charge in [0.15, 0.2) is 0 Å². The predicted octanol–water partition coefficient (Wildman–Crippen LogP) is 2.62. The summed E-state index contributed by atoms with van der Waals surface area (Å²) in [6, 6.07) is 0.817. The number of imidazole rings is 1. The summed E-state index contributed by atoms with van der Waals surface area (Å²) in [5.41, 5.74) is -1.10. The van der Waals surface area contributed by atoms with Crippen LogP contribution < -0.4 is 0 Å². The van der Waals surface area contributed by atoms with E-state index in [0.717, 1.165) is 41.4 Å². The highest BCUT2D eigenvalue weighted by atomic mass is 19.4. The number of halogens is 3. The lowest BCUT2D eigenvalue weighted by molar-refractivity contribution is -0.385. The fraction of sp³-hybridized carbons (Fsp3) is 0.154. The molecule has 126 valence electrons. The second kappa shape index (κ2) is 6.48. The van der Waals surface area contributed by atoms with Gasteiger partial charge in [-0.25, -0.2) is 14.8 Å². The van der Waals surface area contributed by atoms with Crippen LogP contribution in [-0.2, 0) is 6.54 Å². The van der Waals surface area contributed by atoms with Crippen LogP contribution in [0.25, 0.3) is 12.2 Å². The summed E-state index contributed by atoms with van der Waals surface area (Å²) in [6.45, 7) is -1.26. The third kappa shape index (κ3) is 4.15. The van der Waals surface area contributed by atoms with Crippen molar-refractivity contribution in [2.24, 2.45) is 0 Å². The maximum Gasteiger partial charge on any atom is 0.406 e. The van der Waals surface area contributed by atoms with E-state index in [0.29, 0.717) is 0 Å². The number of nitrogens with zero attached hydrogens (tertiary/aromatic N) is 4. The van der Waals surface area contributed by atoms with Crippen molar-refractivity contribution in [3.05, 3.63) is 51.9 Å². The van der Waals surface area contributed by atoms with Crippen LogP contribution >= 0.6 is 0 Å². The second-order valence-corrected chi connectivity index (χ2v) is 4.55. The lowest BCUT2D eigenvalue weighted by atomic mass is 10.1. The van der Waals surface area contributed by atoms with Gasteiger partial charge in [0.05, 0.1) is 16.2 Å². The average molecular weight is 342 g/mol. The Morgan fingerprint density at radius 3 is 2.67 bits per heavy atom. The second-order valence-electron chi connectivity index (χ2n) is 4.55. The summed E-state index contributed by atoms with van der Waals surface area (Å²) >= 11 is 0. The Balaban J connectivity index is 2.35. The first kappa shape index (κ1) is 17.1. The molecular formula is C13H9F3N4O4. The van der Waals surface area contributed by atoms with Gasteiger partial charge in [0, 0.05) is 18.5 Å². The van der Waals surface area contributed by atoms with E-state index in [1.165, 1.54) is 0 Å². The van der Waals surface area contributed by atoms with Gasteiger partial charge in [-0.15, -0.1) is 0 Å². The molecule has 0 saturated heterocycles. The number of pyridine rings is 1. The van der Waals surface area contributed by atoms with Gasteiger partial charge in [-0.1, -0.05) is 0 Å². The third-order valence-electron chi connectivity index (χ3n) is 2.83. The number of hydrogen-bond acceptors (Lipinski definition) is 5. The third-order valence-corrected chi connectivity index (χ3v) is 2.83. The minimum Gasteiger partial charge on any atom is -0.478 e. The van der Waals surface area contributed by atoms with Crippen LogP contribution in [0, 0.1) is 10.1 Å². The van der Waals surface area contributed by atoms with Crippen molar-refractivity contribution in [1.82, 2.24) is 14.5 Å². The molecule has 0 aromatic carbocycles. The molecular weight excluding hydrogens is 333 g/mol. The van der Waals surface area contributed by atoms with Gasteiger partial charge in [-0.05, 0) is 12.2 Å². The number of alkyl halides is 3. The van der Waals surface area contributed by atoms with Crippen LogP contribution in [0.5, 0.6) is 0 Å². The standard InChI is InChI=1S/C13H9F3N4O4/c14-13(15,16)7-19-4-3-17-11(19)2-1-10-9(12(21)22)5-8(6-18-10)20(23)24/h1-6H,7H2,(H,21,22)/b2-1+. The van der Waals surface area contributed by atoms with Gasteiger partial charge in [-0.3, -0.25) is 10.1 Å². The Morgan fingerprint density at radius 2 is 2.08 bits per heavy atom. The van der Waals surface area contributed by atoms with E-state index in [-0.39, 0.29) is 11.5 Å². The number of rotatable bonds is 5. The van der Waals surface area contributed by atoms with Crippen molar-refractivity contribution >= 4 is 23.8 Å². The van der Waals surface area contributed by atoms with E-state index in [9.17, 15) is 28.1 Å². The normalized spacial score (nSPS) is 11.8. The molecule has 2 heterocycles. The van der Waals surface area contributed by atoms with Crippen LogP contribution in [0.2, 0.25) is 0 Å². The molecule has 0 saturated carbocycles. The molecule has 0 radical (unpaired) electrons. The summed E-state index contributed by atoms with van der Waals surface area (Å²) in [6.07, 6.45) is 0.964. The van der Waals surface area contributed by atoms with Crippen molar-refractivity contribution in [3.8, 4) is 0 Å². The number of hydrogen-bond donors (Lipinski definition) is 1. The fourth-order valence-electron chi connectivity index (χ4n) is 1.83. The smallest absolute Gasteiger partial charge is 0.406 e. The number of aromatic carboxylic acids is 1. The van der Waals surface area contributed by atoms with Crippen LogP contribution in [-0.4, -0.2) is 36.7 Å². The zero-order chi connectivity index (χ0) is 17.9. The lowest BCUT2D eigenvalue weighted by Gasteiger charge is -2.08. The quantitative estimate of drug-likeness (QED) is 0.660. The molecule has 0 spiro atoms. The minimum atomic E-state index is -4.44. The zero-order valence-electron chi connectivity index (χ0n) is 11.8. The zero-order valence-corrected chi connectivity index (χ0v) is 11.8. The van der Waals surface area contributed by atoms with Gasteiger partial charge in [0.2, 0.25) is 0 Å². The summed E-state index contributed by atoms with van der Waals surface area (Å²) in [7, 11) is 0. The minimum absolute atomic E-state index is 0.0659. The molecule has 0 unspecified atom stereocenters. The van der Waals surface area contributed by atoms with E-state index in [1.807, 2.05) is 0 Å². The first-order chi connectivity index (χ1) is 11.2. The molecule has 0 atom stereocenters. The van der Waals surface area contributed by atoms with Crippen molar-refractivity contribution in [2.75, 3.05) is 0 Å². The Kier molecular flexibility index (Phi) is 4.62. The van der Waals surface area contributed by atoms with E-state index in [4.69, 9.17) is 5.11 Å². The predicted molar refractivity (Wildman–Crippen MR) is 75.1 cm³/mol. The summed E-state index contributed by atoms with van der Waals surface area (Å²) in [5, 5.41) is 19.7. The summed E-state index contributed by atoms with van der Waals surface area (Å²) in [4.78, 5) is 28.4. The molecule has 11 heteroatoms. The number of nitro groups is 1. The summed E-state index contributed by atoms with van der Waals surface area (Å²) < 4.78 is 38.1. The van der Waals surface area contributed by atoms with Crippen LogP contribution in [0.4, 0.5) is 18.9 Å². The highest BCUT2D eigenvalue weighted by Crippen LogP contribution is 2.20. The summed E-state index contributed by atoms with van der Waals surface area (Å²) in [5.74, 6) is -1.52. The maximum atomic E-state index is 12.4.